The number of benzene rings is 1. The Balaban J connectivity index is 1.79. The van der Waals surface area contributed by atoms with Crippen molar-refractivity contribution >= 4 is 33.3 Å². The van der Waals surface area contributed by atoms with E-state index in [0.717, 1.165) is 17.3 Å². The van der Waals surface area contributed by atoms with Gasteiger partial charge in [0.05, 0.1) is 16.3 Å². The van der Waals surface area contributed by atoms with E-state index in [2.05, 4.69) is 27.2 Å². The van der Waals surface area contributed by atoms with E-state index in [1.807, 2.05) is 13.0 Å². The Morgan fingerprint density at radius 2 is 2.03 bits per heavy atom. The first-order valence-corrected chi connectivity index (χ1v) is 12.4. The van der Waals surface area contributed by atoms with Crippen molar-refractivity contribution in [3.05, 3.63) is 60.1 Å². The Morgan fingerprint density at radius 1 is 1.33 bits per heavy atom. The summed E-state index contributed by atoms with van der Waals surface area (Å²) in [5, 5.41) is 23.8. The summed E-state index contributed by atoms with van der Waals surface area (Å²) >= 11 is 1.13. The van der Waals surface area contributed by atoms with E-state index < -0.39 is 15.1 Å². The van der Waals surface area contributed by atoms with Gasteiger partial charge in [0.1, 0.15) is 29.0 Å². The lowest BCUT2D eigenvalue weighted by Crippen LogP contribution is -2.24. The third-order valence-electron chi connectivity index (χ3n) is 4.76. The predicted octanol–water partition coefficient (Wildman–Crippen LogP) is 2.47. The molecule has 0 aliphatic rings. The highest BCUT2D eigenvalue weighted by molar-refractivity contribution is 8.00. The maximum absolute atomic E-state index is 12.9. The molecule has 0 fully saturated rings. The molecule has 0 saturated heterocycles. The molecular weight excluding hydrogens is 462 g/mol. The molecule has 2 heterocycles. The van der Waals surface area contributed by atoms with Gasteiger partial charge in [-0.2, -0.15) is 10.4 Å². The first kappa shape index (κ1) is 24.2. The second kappa shape index (κ2) is 10.0. The highest BCUT2D eigenvalue weighted by Crippen LogP contribution is 2.26. The number of sulfone groups is 1. The number of rotatable bonds is 9. The SMILES string of the molecule is C=CCn1c(CS(=O)(=O)c2ccc(C)cc2)nnc1SC(C)C(=O)Nc1c(C#N)cnn1C. The van der Waals surface area contributed by atoms with Crippen LogP contribution in [0.3, 0.4) is 0 Å². The van der Waals surface area contributed by atoms with Crippen molar-refractivity contribution in [3.63, 3.8) is 0 Å². The lowest BCUT2D eigenvalue weighted by molar-refractivity contribution is -0.115. The van der Waals surface area contributed by atoms with Crippen molar-refractivity contribution in [1.82, 2.24) is 24.5 Å². The lowest BCUT2D eigenvalue weighted by Gasteiger charge is -2.13. The molecule has 3 aromatic rings. The number of anilines is 1. The van der Waals surface area contributed by atoms with Crippen molar-refractivity contribution in [2.24, 2.45) is 7.05 Å². The third-order valence-corrected chi connectivity index (χ3v) is 7.47. The molecule has 1 amide bonds. The quantitative estimate of drug-likeness (QED) is 0.361. The topological polar surface area (TPSA) is 136 Å². The third kappa shape index (κ3) is 5.50. The molecule has 12 heteroatoms. The Kier molecular flexibility index (Phi) is 7.35. The summed E-state index contributed by atoms with van der Waals surface area (Å²) in [7, 11) is -2.01. The molecule has 1 N–H and O–H groups in total. The van der Waals surface area contributed by atoms with Crippen LogP contribution in [0.2, 0.25) is 0 Å². The van der Waals surface area contributed by atoms with E-state index in [9.17, 15) is 13.2 Å². The summed E-state index contributed by atoms with van der Waals surface area (Å²) < 4.78 is 28.8. The number of hydrogen-bond acceptors (Lipinski definition) is 8. The Morgan fingerprint density at radius 3 is 2.67 bits per heavy atom. The minimum Gasteiger partial charge on any atom is -0.309 e. The number of thioether (sulfide) groups is 1. The van der Waals surface area contributed by atoms with E-state index in [0.29, 0.717) is 11.0 Å². The smallest absolute Gasteiger partial charge is 0.238 e. The minimum atomic E-state index is -3.64. The summed E-state index contributed by atoms with van der Waals surface area (Å²) in [5.74, 6) is -0.142. The largest absolute Gasteiger partial charge is 0.309 e. The number of carbonyl (C=O) groups excluding carboxylic acids is 1. The fourth-order valence-electron chi connectivity index (χ4n) is 2.92. The molecule has 1 aromatic carbocycles. The second-order valence-electron chi connectivity index (χ2n) is 7.26. The van der Waals surface area contributed by atoms with E-state index in [-0.39, 0.29) is 34.5 Å². The minimum absolute atomic E-state index is 0.202. The van der Waals surface area contributed by atoms with Gasteiger partial charge in [-0.3, -0.25) is 9.48 Å². The fraction of sp³-hybridized carbons (Fsp3) is 0.286. The lowest BCUT2D eigenvalue weighted by atomic mass is 10.2. The molecule has 33 heavy (non-hydrogen) atoms. The van der Waals surface area contributed by atoms with Crippen LogP contribution in [-0.2, 0) is 34.0 Å². The van der Waals surface area contributed by atoms with Crippen molar-refractivity contribution < 1.29 is 13.2 Å². The number of nitrogens with one attached hydrogen (secondary N) is 1. The van der Waals surface area contributed by atoms with Crippen LogP contribution in [0.4, 0.5) is 5.82 Å². The number of carbonyl (C=O) groups is 1. The molecule has 0 aliphatic heterocycles. The van der Waals surface area contributed by atoms with Crippen LogP contribution in [0.15, 0.2) is 53.2 Å². The van der Waals surface area contributed by atoms with E-state index >= 15 is 0 Å². The maximum atomic E-state index is 12.9. The monoisotopic (exact) mass is 485 g/mol. The zero-order valence-electron chi connectivity index (χ0n) is 18.4. The highest BCUT2D eigenvalue weighted by atomic mass is 32.2. The summed E-state index contributed by atoms with van der Waals surface area (Å²) in [4.78, 5) is 12.9. The van der Waals surface area contributed by atoms with Crippen molar-refractivity contribution in [3.8, 4) is 6.07 Å². The first-order valence-electron chi connectivity index (χ1n) is 9.88. The first-order chi connectivity index (χ1) is 15.7. The summed E-state index contributed by atoms with van der Waals surface area (Å²) in [6, 6.07) is 8.59. The fourth-order valence-corrected chi connectivity index (χ4v) is 5.07. The van der Waals surface area contributed by atoms with Gasteiger partial charge in [-0.1, -0.05) is 35.5 Å². The van der Waals surface area contributed by atoms with Gasteiger partial charge in [-0.15, -0.1) is 16.8 Å². The van der Waals surface area contributed by atoms with Gasteiger partial charge in [0.15, 0.2) is 15.0 Å². The molecular formula is C21H23N7O3S2. The van der Waals surface area contributed by atoms with Crippen molar-refractivity contribution in [2.75, 3.05) is 5.32 Å². The molecule has 10 nitrogen and oxygen atoms in total. The zero-order chi connectivity index (χ0) is 24.2. The predicted molar refractivity (Wildman–Crippen MR) is 124 cm³/mol. The average molecular weight is 486 g/mol. The molecule has 0 saturated carbocycles. The Hall–Kier alpha value is -3.43. The number of allylic oxidation sites excluding steroid dienone is 1. The molecule has 172 valence electrons. The van der Waals surface area contributed by atoms with E-state index in [1.54, 1.807) is 48.9 Å². The Labute approximate surface area is 196 Å². The molecule has 0 bridgehead atoms. The van der Waals surface area contributed by atoms with E-state index in [4.69, 9.17) is 5.26 Å². The van der Waals surface area contributed by atoms with Crippen LogP contribution in [0.1, 0.15) is 23.9 Å². The number of nitriles is 1. The zero-order valence-corrected chi connectivity index (χ0v) is 20.0. The standard InChI is InChI=1S/C21H23N7O3S2/c1-5-10-28-18(13-33(30,31)17-8-6-14(2)7-9-17)25-26-21(28)32-15(3)20(29)24-19-16(11-22)12-23-27(19)4/h5-9,12,15H,1,10,13H2,2-4H3,(H,24,29). The Bertz CT molecular complexity index is 1320. The maximum Gasteiger partial charge on any atom is 0.238 e. The van der Waals surface area contributed by atoms with Crippen molar-refractivity contribution in [1.29, 1.82) is 5.26 Å². The number of aryl methyl sites for hydroxylation is 2. The number of nitrogens with zero attached hydrogens (tertiary/aromatic N) is 6. The number of hydrogen-bond donors (Lipinski definition) is 1. The molecule has 3 rings (SSSR count). The van der Waals surface area contributed by atoms with E-state index in [1.165, 1.54) is 10.9 Å². The van der Waals surface area contributed by atoms with Gasteiger partial charge in [-0.25, -0.2) is 8.42 Å². The van der Waals surface area contributed by atoms with Crippen LogP contribution in [0, 0.1) is 18.3 Å². The summed E-state index contributed by atoms with van der Waals surface area (Å²) in [5.41, 5.74) is 1.21. The summed E-state index contributed by atoms with van der Waals surface area (Å²) in [6.07, 6.45) is 2.98. The molecule has 0 radical (unpaired) electrons. The van der Waals surface area contributed by atoms with Crippen LogP contribution in [0.25, 0.3) is 0 Å². The van der Waals surface area contributed by atoms with Gasteiger partial charge in [0.25, 0.3) is 0 Å². The average Bonchev–Trinajstić information content (AvgIpc) is 3.31. The molecule has 0 spiro atoms. The van der Waals surface area contributed by atoms with Crippen LogP contribution in [-0.4, -0.2) is 44.1 Å². The van der Waals surface area contributed by atoms with Gasteiger partial charge < -0.3 is 9.88 Å². The van der Waals surface area contributed by atoms with Crippen LogP contribution in [0.5, 0.6) is 0 Å². The molecule has 1 atom stereocenters. The number of amides is 1. The normalized spacial score (nSPS) is 12.2. The van der Waals surface area contributed by atoms with Gasteiger partial charge in [-0.05, 0) is 26.0 Å². The molecule has 0 aliphatic carbocycles. The molecule has 2 aromatic heterocycles. The van der Waals surface area contributed by atoms with Crippen LogP contribution >= 0.6 is 11.8 Å². The highest BCUT2D eigenvalue weighted by Gasteiger charge is 2.24. The second-order valence-corrected chi connectivity index (χ2v) is 10.6. The van der Waals surface area contributed by atoms with Crippen LogP contribution < -0.4 is 5.32 Å². The van der Waals surface area contributed by atoms with Gasteiger partial charge in [0.2, 0.25) is 5.91 Å². The van der Waals surface area contributed by atoms with Gasteiger partial charge in [0, 0.05) is 13.6 Å². The summed E-state index contributed by atoms with van der Waals surface area (Å²) in [6.45, 7) is 7.56. The number of aromatic nitrogens is 5. The molecule has 1 unspecified atom stereocenters. The van der Waals surface area contributed by atoms with Crippen molar-refractivity contribution in [2.45, 2.75) is 41.4 Å². The van der Waals surface area contributed by atoms with Gasteiger partial charge >= 0.3 is 0 Å².